The van der Waals surface area contributed by atoms with E-state index in [1.807, 2.05) is 53.2 Å². The molecule has 1 aliphatic rings. The van der Waals surface area contributed by atoms with Gasteiger partial charge in [0.1, 0.15) is 11.9 Å². The highest BCUT2D eigenvalue weighted by atomic mass is 16.2. The number of benzene rings is 2. The topological polar surface area (TPSA) is 88.9 Å². The highest BCUT2D eigenvalue weighted by molar-refractivity contribution is 6.04. The average molecular weight is 361 g/mol. The maximum absolute atomic E-state index is 11.9. The van der Waals surface area contributed by atoms with Crippen molar-refractivity contribution in [2.75, 3.05) is 0 Å². The molecule has 2 heterocycles. The Morgan fingerprint density at radius 3 is 2.33 bits per heavy atom. The van der Waals surface area contributed by atoms with Gasteiger partial charge < -0.3 is 5.32 Å². The summed E-state index contributed by atoms with van der Waals surface area (Å²) >= 11 is 0. The number of amides is 3. The molecule has 1 aromatic heterocycles. The van der Waals surface area contributed by atoms with Crippen LogP contribution in [-0.2, 0) is 24.2 Å². The normalized spacial score (nSPS) is 16.2. The first kappa shape index (κ1) is 17.0. The Bertz CT molecular complexity index is 953. The van der Waals surface area contributed by atoms with Gasteiger partial charge in [-0.2, -0.15) is 5.10 Å². The summed E-state index contributed by atoms with van der Waals surface area (Å²) in [5, 5.41) is 9.52. The van der Waals surface area contributed by atoms with Crippen LogP contribution in [0.25, 0.3) is 11.4 Å². The highest BCUT2D eigenvalue weighted by Crippen LogP contribution is 2.17. The Balaban J connectivity index is 1.59. The molecule has 1 atom stereocenters. The lowest BCUT2D eigenvalue weighted by Gasteiger charge is -2.09. The van der Waals surface area contributed by atoms with E-state index in [9.17, 15) is 9.59 Å². The van der Waals surface area contributed by atoms with E-state index < -0.39 is 12.1 Å². The minimum atomic E-state index is -0.624. The van der Waals surface area contributed by atoms with Gasteiger partial charge in [-0.15, -0.1) is 0 Å². The van der Waals surface area contributed by atoms with Crippen molar-refractivity contribution in [3.8, 4) is 11.4 Å². The van der Waals surface area contributed by atoms with Crippen LogP contribution in [0.15, 0.2) is 60.7 Å². The van der Waals surface area contributed by atoms with Gasteiger partial charge in [-0.1, -0.05) is 60.7 Å². The number of aromatic nitrogens is 3. The molecule has 136 valence electrons. The smallest absolute Gasteiger partial charge is 0.322 e. The van der Waals surface area contributed by atoms with Crippen LogP contribution in [0.4, 0.5) is 4.79 Å². The lowest BCUT2D eigenvalue weighted by Crippen LogP contribution is -2.32. The molecule has 7 heteroatoms. The van der Waals surface area contributed by atoms with Crippen LogP contribution in [0.1, 0.15) is 11.4 Å². The van der Waals surface area contributed by atoms with Crippen molar-refractivity contribution in [2.45, 2.75) is 25.4 Å². The van der Waals surface area contributed by atoms with E-state index in [0.717, 1.165) is 12.0 Å². The maximum atomic E-state index is 11.9. The Morgan fingerprint density at radius 1 is 0.963 bits per heavy atom. The lowest BCUT2D eigenvalue weighted by atomic mass is 10.1. The van der Waals surface area contributed by atoms with Gasteiger partial charge in [0.2, 0.25) is 0 Å². The summed E-state index contributed by atoms with van der Waals surface area (Å²) in [6, 6.07) is 18.7. The molecule has 2 N–H and O–H groups in total. The minimum Gasteiger partial charge on any atom is -0.326 e. The van der Waals surface area contributed by atoms with Crippen molar-refractivity contribution in [3.63, 3.8) is 0 Å². The molecule has 0 saturated carbocycles. The van der Waals surface area contributed by atoms with Crippen LogP contribution in [0, 0.1) is 0 Å². The van der Waals surface area contributed by atoms with Crippen molar-refractivity contribution in [3.05, 3.63) is 72.1 Å². The predicted molar refractivity (Wildman–Crippen MR) is 99.8 cm³/mol. The van der Waals surface area contributed by atoms with Crippen LogP contribution in [-0.4, -0.2) is 32.7 Å². The zero-order valence-electron chi connectivity index (χ0n) is 14.6. The minimum absolute atomic E-state index is 0.298. The molecule has 0 spiro atoms. The number of imide groups is 1. The molecular formula is C20H19N5O2. The van der Waals surface area contributed by atoms with E-state index in [1.165, 1.54) is 5.56 Å². The molecule has 1 fully saturated rings. The largest absolute Gasteiger partial charge is 0.326 e. The molecule has 1 saturated heterocycles. The molecule has 27 heavy (non-hydrogen) atoms. The van der Waals surface area contributed by atoms with Gasteiger partial charge in [0.25, 0.3) is 5.91 Å². The summed E-state index contributed by atoms with van der Waals surface area (Å²) in [6.45, 7) is 0.640. The molecule has 0 aliphatic carbocycles. The average Bonchev–Trinajstić information content (AvgIpc) is 3.24. The summed E-state index contributed by atoms with van der Waals surface area (Å²) < 4.78 is 1.83. The van der Waals surface area contributed by atoms with Gasteiger partial charge in [0, 0.05) is 18.5 Å². The Kier molecular flexibility index (Phi) is 4.65. The number of carbonyl (C=O) groups is 2. The van der Waals surface area contributed by atoms with Crippen molar-refractivity contribution in [1.29, 1.82) is 0 Å². The molecule has 3 amide bonds. The summed E-state index contributed by atoms with van der Waals surface area (Å²) in [6.07, 6.45) is 1.10. The van der Waals surface area contributed by atoms with Gasteiger partial charge in [-0.05, 0) is 12.0 Å². The zero-order chi connectivity index (χ0) is 18.6. The fourth-order valence-corrected chi connectivity index (χ4v) is 3.08. The van der Waals surface area contributed by atoms with E-state index >= 15 is 0 Å². The number of nitrogens with zero attached hydrogens (tertiary/aromatic N) is 3. The van der Waals surface area contributed by atoms with Crippen LogP contribution in [0.2, 0.25) is 0 Å². The summed E-state index contributed by atoms with van der Waals surface area (Å²) in [7, 11) is 0. The van der Waals surface area contributed by atoms with Gasteiger partial charge in [0.05, 0.1) is 0 Å². The third-order valence-corrected chi connectivity index (χ3v) is 4.48. The number of hydrogen-bond acceptors (Lipinski definition) is 4. The highest BCUT2D eigenvalue weighted by Gasteiger charge is 2.31. The second-order valence-electron chi connectivity index (χ2n) is 6.40. The maximum Gasteiger partial charge on any atom is 0.322 e. The van der Waals surface area contributed by atoms with Gasteiger partial charge in [-0.25, -0.2) is 14.5 Å². The molecular weight excluding hydrogens is 342 g/mol. The number of urea groups is 1. The van der Waals surface area contributed by atoms with Crippen LogP contribution in [0.5, 0.6) is 0 Å². The Morgan fingerprint density at radius 2 is 1.67 bits per heavy atom. The first-order chi connectivity index (χ1) is 13.2. The fraction of sp³-hybridized carbons (Fsp3) is 0.200. The number of carbonyl (C=O) groups excluding carboxylic acids is 2. The quantitative estimate of drug-likeness (QED) is 0.657. The zero-order valence-corrected chi connectivity index (χ0v) is 14.6. The molecule has 1 aliphatic heterocycles. The molecule has 2 aromatic carbocycles. The number of rotatable bonds is 6. The molecule has 0 unspecified atom stereocenters. The third-order valence-electron chi connectivity index (χ3n) is 4.48. The van der Waals surface area contributed by atoms with E-state index in [2.05, 4.69) is 32.8 Å². The Hall–Kier alpha value is -3.48. The molecule has 4 rings (SSSR count). The first-order valence-electron chi connectivity index (χ1n) is 8.83. The number of nitrogens with one attached hydrogen (secondary N) is 2. The first-order valence-corrected chi connectivity index (χ1v) is 8.83. The van der Waals surface area contributed by atoms with Gasteiger partial charge in [-0.3, -0.25) is 10.1 Å². The molecule has 0 bridgehead atoms. The molecule has 0 radical (unpaired) electrons. The summed E-state index contributed by atoms with van der Waals surface area (Å²) in [5.74, 6) is 0.953. The number of hydrogen-bond donors (Lipinski definition) is 2. The van der Waals surface area contributed by atoms with Crippen molar-refractivity contribution in [1.82, 2.24) is 25.4 Å². The van der Waals surface area contributed by atoms with Crippen LogP contribution < -0.4 is 10.6 Å². The van der Waals surface area contributed by atoms with Crippen molar-refractivity contribution < 1.29 is 9.59 Å². The molecule has 7 nitrogen and oxygen atoms in total. The van der Waals surface area contributed by atoms with Crippen molar-refractivity contribution >= 4 is 11.9 Å². The number of aryl methyl sites for hydroxylation is 2. The fourth-order valence-electron chi connectivity index (χ4n) is 3.08. The Labute approximate surface area is 156 Å². The lowest BCUT2D eigenvalue weighted by molar-refractivity contribution is -0.120. The predicted octanol–water partition coefficient (Wildman–Crippen LogP) is 1.94. The third kappa shape index (κ3) is 3.87. The van der Waals surface area contributed by atoms with Gasteiger partial charge in [0.15, 0.2) is 5.82 Å². The second kappa shape index (κ2) is 7.41. The van der Waals surface area contributed by atoms with Gasteiger partial charge >= 0.3 is 6.03 Å². The SMILES string of the molecule is O=C1NC(=O)[C@@H](Cc2nc(-c3ccccc3)nn2CCc2ccccc2)N1. The van der Waals surface area contributed by atoms with E-state index in [0.29, 0.717) is 24.6 Å². The van der Waals surface area contributed by atoms with Crippen LogP contribution in [0.3, 0.4) is 0 Å². The standard InChI is InChI=1S/C20H19N5O2/c26-19-16(21-20(27)23-19)13-17-22-18(15-9-5-2-6-10-15)24-25(17)12-11-14-7-3-1-4-8-14/h1-10,16H,11-13H2,(H2,21,23,26,27)/t16-/m1/s1. The van der Waals surface area contributed by atoms with E-state index in [-0.39, 0.29) is 5.91 Å². The van der Waals surface area contributed by atoms with Crippen molar-refractivity contribution in [2.24, 2.45) is 0 Å². The molecule has 3 aromatic rings. The van der Waals surface area contributed by atoms with E-state index in [1.54, 1.807) is 0 Å². The second-order valence-corrected chi connectivity index (χ2v) is 6.40. The van der Waals surface area contributed by atoms with E-state index in [4.69, 9.17) is 0 Å². The summed E-state index contributed by atoms with van der Waals surface area (Å²) in [5.41, 5.74) is 2.12. The monoisotopic (exact) mass is 361 g/mol. The van der Waals surface area contributed by atoms with Crippen LogP contribution >= 0.6 is 0 Å². The summed E-state index contributed by atoms with van der Waals surface area (Å²) in [4.78, 5) is 27.9.